The topological polar surface area (TPSA) is 66.0 Å². The predicted octanol–water partition coefficient (Wildman–Crippen LogP) is 2.49. The minimum Gasteiger partial charge on any atom is -0.381 e. The van der Waals surface area contributed by atoms with Gasteiger partial charge in [-0.3, -0.25) is 4.68 Å². The maximum atomic E-state index is 5.36. The van der Waals surface area contributed by atoms with Gasteiger partial charge in [-0.15, -0.1) is 0 Å². The fourth-order valence-electron chi connectivity index (χ4n) is 2.59. The van der Waals surface area contributed by atoms with Crippen LogP contribution in [-0.4, -0.2) is 33.1 Å². The number of ether oxygens (including phenoxy) is 1. The lowest BCUT2D eigenvalue weighted by Crippen LogP contribution is -1.99. The van der Waals surface area contributed by atoms with E-state index in [0.29, 0.717) is 18.3 Å². The van der Waals surface area contributed by atoms with Gasteiger partial charge in [-0.25, -0.2) is 0 Å². The molecule has 0 aliphatic carbocycles. The van der Waals surface area contributed by atoms with Crippen molar-refractivity contribution in [3.05, 3.63) is 54.2 Å². The van der Waals surface area contributed by atoms with Gasteiger partial charge in [-0.05, 0) is 18.1 Å². The quantitative estimate of drug-likeness (QED) is 0.740. The predicted molar refractivity (Wildman–Crippen MR) is 79.2 cm³/mol. The Morgan fingerprint density at radius 3 is 2.86 bits per heavy atom. The third kappa shape index (κ3) is 2.65. The molecule has 1 aliphatic heterocycles. The van der Waals surface area contributed by atoms with Crippen LogP contribution < -0.4 is 0 Å². The molecule has 22 heavy (non-hydrogen) atoms. The van der Waals surface area contributed by atoms with Gasteiger partial charge in [0, 0.05) is 24.6 Å². The van der Waals surface area contributed by atoms with E-state index in [1.165, 1.54) is 5.56 Å². The average Bonchev–Trinajstić information content (AvgIpc) is 3.30. The Balaban J connectivity index is 1.50. The second-order valence-electron chi connectivity index (χ2n) is 5.42. The van der Waals surface area contributed by atoms with Crippen molar-refractivity contribution in [3.63, 3.8) is 0 Å². The molecule has 6 nitrogen and oxygen atoms in total. The lowest BCUT2D eigenvalue weighted by molar-refractivity contribution is 0.189. The Hall–Kier alpha value is -2.47. The minimum atomic E-state index is 0.236. The fraction of sp³-hybridized carbons (Fsp3) is 0.312. The van der Waals surface area contributed by atoms with Crippen molar-refractivity contribution in [2.24, 2.45) is 0 Å². The molecule has 112 valence electrons. The van der Waals surface area contributed by atoms with Crippen molar-refractivity contribution >= 4 is 0 Å². The zero-order chi connectivity index (χ0) is 14.8. The van der Waals surface area contributed by atoms with Crippen LogP contribution in [0.15, 0.2) is 47.2 Å². The summed E-state index contributed by atoms with van der Waals surface area (Å²) in [6, 6.07) is 10.1. The molecule has 0 saturated carbocycles. The summed E-state index contributed by atoms with van der Waals surface area (Å²) in [4.78, 5) is 4.49. The van der Waals surface area contributed by atoms with E-state index in [4.69, 9.17) is 9.26 Å². The number of hydrogen-bond donors (Lipinski definition) is 0. The van der Waals surface area contributed by atoms with Crippen molar-refractivity contribution in [3.8, 4) is 11.4 Å². The number of aromatic nitrogens is 4. The van der Waals surface area contributed by atoms with Gasteiger partial charge in [0.2, 0.25) is 11.7 Å². The first-order chi connectivity index (χ1) is 10.9. The number of hydrogen-bond acceptors (Lipinski definition) is 5. The molecule has 0 spiro atoms. The molecule has 0 bridgehead atoms. The van der Waals surface area contributed by atoms with Gasteiger partial charge in [0.15, 0.2) is 0 Å². The number of benzene rings is 1. The van der Waals surface area contributed by atoms with E-state index in [9.17, 15) is 0 Å². The molecule has 0 N–H and O–H groups in total. The first-order valence-electron chi connectivity index (χ1n) is 7.36. The van der Waals surface area contributed by atoms with Crippen LogP contribution in [0.25, 0.3) is 11.4 Å². The van der Waals surface area contributed by atoms with Gasteiger partial charge in [-0.1, -0.05) is 29.4 Å². The van der Waals surface area contributed by atoms with Crippen LogP contribution >= 0.6 is 0 Å². The van der Waals surface area contributed by atoms with Crippen LogP contribution in [0.4, 0.5) is 0 Å². The molecule has 3 aromatic rings. The van der Waals surface area contributed by atoms with Gasteiger partial charge >= 0.3 is 0 Å². The Labute approximate surface area is 127 Å². The van der Waals surface area contributed by atoms with E-state index >= 15 is 0 Å². The van der Waals surface area contributed by atoms with Crippen molar-refractivity contribution in [1.29, 1.82) is 0 Å². The summed E-state index contributed by atoms with van der Waals surface area (Å²) in [7, 11) is 0. The largest absolute Gasteiger partial charge is 0.381 e. The summed E-state index contributed by atoms with van der Waals surface area (Å²) in [6.45, 7) is 2.19. The Morgan fingerprint density at radius 2 is 2.14 bits per heavy atom. The van der Waals surface area contributed by atoms with Crippen molar-refractivity contribution in [2.75, 3.05) is 13.2 Å². The highest BCUT2D eigenvalue weighted by Crippen LogP contribution is 2.26. The minimum absolute atomic E-state index is 0.236. The smallest absolute Gasteiger partial charge is 0.232 e. The van der Waals surface area contributed by atoms with Crippen LogP contribution in [0.1, 0.15) is 23.8 Å². The highest BCUT2D eigenvalue weighted by molar-refractivity contribution is 5.54. The lowest BCUT2D eigenvalue weighted by Gasteiger charge is -2.02. The maximum Gasteiger partial charge on any atom is 0.232 e. The van der Waals surface area contributed by atoms with Crippen LogP contribution in [0, 0.1) is 0 Å². The molecule has 2 aromatic heterocycles. The summed E-state index contributed by atoms with van der Waals surface area (Å²) in [5.74, 6) is 1.54. The fourth-order valence-corrected chi connectivity index (χ4v) is 2.59. The zero-order valence-electron chi connectivity index (χ0n) is 12.1. The zero-order valence-corrected chi connectivity index (χ0v) is 12.1. The molecule has 6 heteroatoms. The lowest BCUT2D eigenvalue weighted by atomic mass is 10.1. The molecule has 1 aromatic carbocycles. The summed E-state index contributed by atoms with van der Waals surface area (Å²) in [5, 5.41) is 8.28. The van der Waals surface area contributed by atoms with Crippen LogP contribution in [0.2, 0.25) is 0 Å². The standard InChI is InChI=1S/C16H16N4O2/c1-7-17-20(8-1)10-12-2-4-13(5-3-12)15-18-16(22-19-15)14-6-9-21-11-14/h1-5,7-8,14H,6,9-11H2/t14-/m1/s1. The van der Waals surface area contributed by atoms with E-state index in [2.05, 4.69) is 27.4 Å². The van der Waals surface area contributed by atoms with Gasteiger partial charge < -0.3 is 9.26 Å². The Bertz CT molecular complexity index is 728. The third-order valence-electron chi connectivity index (χ3n) is 3.84. The van der Waals surface area contributed by atoms with Crippen LogP contribution in [-0.2, 0) is 11.3 Å². The van der Waals surface area contributed by atoms with E-state index in [1.54, 1.807) is 6.20 Å². The molecule has 0 amide bonds. The Kier molecular flexibility index (Phi) is 3.44. The van der Waals surface area contributed by atoms with Gasteiger partial charge in [-0.2, -0.15) is 10.1 Å². The molecule has 1 fully saturated rings. The van der Waals surface area contributed by atoms with Crippen LogP contribution in [0.5, 0.6) is 0 Å². The molecule has 0 radical (unpaired) electrons. The third-order valence-corrected chi connectivity index (χ3v) is 3.84. The summed E-state index contributed by atoms with van der Waals surface area (Å²) in [6.07, 6.45) is 4.68. The monoisotopic (exact) mass is 296 g/mol. The van der Waals surface area contributed by atoms with E-state index in [0.717, 1.165) is 25.1 Å². The van der Waals surface area contributed by atoms with E-state index < -0.39 is 0 Å². The van der Waals surface area contributed by atoms with Crippen molar-refractivity contribution in [2.45, 2.75) is 18.9 Å². The van der Waals surface area contributed by atoms with E-state index in [-0.39, 0.29) is 5.92 Å². The molecular weight excluding hydrogens is 280 g/mol. The molecule has 1 aliphatic rings. The first kappa shape index (κ1) is 13.2. The molecule has 1 atom stereocenters. The summed E-state index contributed by atoms with van der Waals surface area (Å²) >= 11 is 0. The van der Waals surface area contributed by atoms with Crippen molar-refractivity contribution in [1.82, 2.24) is 19.9 Å². The molecule has 3 heterocycles. The van der Waals surface area contributed by atoms with Gasteiger partial charge in [0.25, 0.3) is 0 Å². The highest BCUT2D eigenvalue weighted by Gasteiger charge is 2.24. The highest BCUT2D eigenvalue weighted by atomic mass is 16.5. The normalized spacial score (nSPS) is 17.9. The first-order valence-corrected chi connectivity index (χ1v) is 7.36. The Morgan fingerprint density at radius 1 is 1.23 bits per heavy atom. The number of nitrogens with zero attached hydrogens (tertiary/aromatic N) is 4. The van der Waals surface area contributed by atoms with Crippen LogP contribution in [0.3, 0.4) is 0 Å². The molecular formula is C16H16N4O2. The van der Waals surface area contributed by atoms with Crippen molar-refractivity contribution < 1.29 is 9.26 Å². The second-order valence-corrected chi connectivity index (χ2v) is 5.42. The molecule has 4 rings (SSSR count). The maximum absolute atomic E-state index is 5.36. The second kappa shape index (κ2) is 5.73. The molecule has 0 unspecified atom stereocenters. The SMILES string of the molecule is c1cnn(Cc2ccc(-c3noc([C@@H]4CCOC4)n3)cc2)c1. The van der Waals surface area contributed by atoms with Gasteiger partial charge in [0.1, 0.15) is 0 Å². The average molecular weight is 296 g/mol. The molecule has 1 saturated heterocycles. The summed E-state index contributed by atoms with van der Waals surface area (Å²) < 4.78 is 12.6. The number of rotatable bonds is 4. The summed E-state index contributed by atoms with van der Waals surface area (Å²) in [5.41, 5.74) is 2.14. The van der Waals surface area contributed by atoms with Gasteiger partial charge in [0.05, 0.1) is 19.1 Å². The van der Waals surface area contributed by atoms with E-state index in [1.807, 2.05) is 29.1 Å².